The molecule has 1 fully saturated rings. The minimum absolute atomic E-state index is 0.0530. The molecule has 0 bridgehead atoms. The summed E-state index contributed by atoms with van der Waals surface area (Å²) in [7, 11) is 0. The lowest BCUT2D eigenvalue weighted by molar-refractivity contribution is -0.124. The Balaban J connectivity index is 1.67. The van der Waals surface area contributed by atoms with Crippen LogP contribution in [0.3, 0.4) is 0 Å². The second kappa shape index (κ2) is 6.84. The Morgan fingerprint density at radius 1 is 1.36 bits per heavy atom. The smallest absolute Gasteiger partial charge is 0.328 e. The number of nitrogens with zero attached hydrogens (tertiary/aromatic N) is 1. The first-order valence-electron chi connectivity index (χ1n) is 8.51. The standard InChI is InChI=1S/C18H23N3O4/c1-18(2)11-12(8-10-25-18)19-15(22)7-9-21-16(23)13-5-3-4-6-14(13)20-17(21)24/h3-6,12H,7-11H2,1-2H3,(H,19,22)(H,20,24). The van der Waals surface area contributed by atoms with Crippen molar-refractivity contribution in [2.45, 2.75) is 51.3 Å². The van der Waals surface area contributed by atoms with Gasteiger partial charge in [-0.15, -0.1) is 0 Å². The quantitative estimate of drug-likeness (QED) is 0.869. The first-order chi connectivity index (χ1) is 11.9. The van der Waals surface area contributed by atoms with Crippen molar-refractivity contribution in [2.24, 2.45) is 0 Å². The molecule has 2 N–H and O–H groups in total. The van der Waals surface area contributed by atoms with E-state index in [-0.39, 0.29) is 36.1 Å². The van der Waals surface area contributed by atoms with Crippen molar-refractivity contribution in [1.82, 2.24) is 14.9 Å². The van der Waals surface area contributed by atoms with Crippen molar-refractivity contribution < 1.29 is 9.53 Å². The van der Waals surface area contributed by atoms with Crippen LogP contribution in [0.5, 0.6) is 0 Å². The van der Waals surface area contributed by atoms with Gasteiger partial charge >= 0.3 is 5.69 Å². The number of carbonyl (C=O) groups excluding carboxylic acids is 1. The largest absolute Gasteiger partial charge is 0.375 e. The molecule has 0 aliphatic carbocycles. The van der Waals surface area contributed by atoms with Crippen LogP contribution in [0.1, 0.15) is 33.1 Å². The van der Waals surface area contributed by atoms with Crippen molar-refractivity contribution in [3.63, 3.8) is 0 Å². The number of hydrogen-bond acceptors (Lipinski definition) is 4. The molecule has 2 heterocycles. The minimum atomic E-state index is -0.497. The normalized spacial score (nSPS) is 19.7. The van der Waals surface area contributed by atoms with E-state index in [9.17, 15) is 14.4 Å². The van der Waals surface area contributed by atoms with Gasteiger partial charge < -0.3 is 15.0 Å². The summed E-state index contributed by atoms with van der Waals surface area (Å²) < 4.78 is 6.72. The van der Waals surface area contributed by atoms with Crippen LogP contribution in [0.2, 0.25) is 0 Å². The third-order valence-corrected chi connectivity index (χ3v) is 4.51. The maximum absolute atomic E-state index is 12.4. The summed E-state index contributed by atoms with van der Waals surface area (Å²) in [6.45, 7) is 4.66. The average molecular weight is 345 g/mol. The number of aromatic nitrogens is 2. The molecule has 1 aliphatic rings. The molecular weight excluding hydrogens is 322 g/mol. The van der Waals surface area contributed by atoms with Gasteiger partial charge in [-0.1, -0.05) is 12.1 Å². The van der Waals surface area contributed by atoms with Crippen LogP contribution >= 0.6 is 0 Å². The Kier molecular flexibility index (Phi) is 4.76. The Hall–Kier alpha value is -2.41. The summed E-state index contributed by atoms with van der Waals surface area (Å²) in [5.74, 6) is -0.165. The molecule has 2 aromatic rings. The van der Waals surface area contributed by atoms with Gasteiger partial charge in [0, 0.05) is 25.6 Å². The van der Waals surface area contributed by atoms with Crippen molar-refractivity contribution in [1.29, 1.82) is 0 Å². The van der Waals surface area contributed by atoms with E-state index < -0.39 is 5.69 Å². The van der Waals surface area contributed by atoms with Crippen molar-refractivity contribution >= 4 is 16.8 Å². The maximum atomic E-state index is 12.4. The van der Waals surface area contributed by atoms with Gasteiger partial charge in [0.05, 0.1) is 16.5 Å². The van der Waals surface area contributed by atoms with Gasteiger partial charge in [0.15, 0.2) is 0 Å². The summed E-state index contributed by atoms with van der Waals surface area (Å²) in [4.78, 5) is 39.4. The zero-order valence-electron chi connectivity index (χ0n) is 14.5. The first-order valence-corrected chi connectivity index (χ1v) is 8.51. The third kappa shape index (κ3) is 3.99. The van der Waals surface area contributed by atoms with Gasteiger partial charge in [-0.2, -0.15) is 0 Å². The van der Waals surface area contributed by atoms with Gasteiger partial charge in [-0.25, -0.2) is 4.79 Å². The second-order valence-electron chi connectivity index (χ2n) is 7.05. The van der Waals surface area contributed by atoms with Crippen LogP contribution in [-0.2, 0) is 16.1 Å². The number of benzene rings is 1. The van der Waals surface area contributed by atoms with E-state index >= 15 is 0 Å². The molecule has 1 aromatic carbocycles. The predicted octanol–water partition coefficient (Wildman–Crippen LogP) is 1.15. The van der Waals surface area contributed by atoms with Gasteiger partial charge in [-0.05, 0) is 38.8 Å². The third-order valence-electron chi connectivity index (χ3n) is 4.51. The molecule has 0 spiro atoms. The molecule has 0 radical (unpaired) electrons. The molecule has 1 unspecified atom stereocenters. The summed E-state index contributed by atoms with van der Waals surface area (Å²) in [5.41, 5.74) is -0.617. The van der Waals surface area contributed by atoms with E-state index in [2.05, 4.69) is 10.3 Å². The van der Waals surface area contributed by atoms with E-state index in [0.717, 1.165) is 17.4 Å². The number of fused-ring (bicyclic) bond motifs is 1. The molecule has 1 aliphatic heterocycles. The highest BCUT2D eigenvalue weighted by atomic mass is 16.5. The molecule has 1 aromatic heterocycles. The fourth-order valence-electron chi connectivity index (χ4n) is 3.27. The monoisotopic (exact) mass is 345 g/mol. The molecule has 134 valence electrons. The Labute approximate surface area is 145 Å². The van der Waals surface area contributed by atoms with Crippen LogP contribution in [0.4, 0.5) is 0 Å². The highest BCUT2D eigenvalue weighted by molar-refractivity contribution is 5.77. The van der Waals surface area contributed by atoms with E-state index in [1.54, 1.807) is 24.3 Å². The number of aromatic amines is 1. The highest BCUT2D eigenvalue weighted by Crippen LogP contribution is 2.23. The number of ether oxygens (including phenoxy) is 1. The molecule has 7 heteroatoms. The van der Waals surface area contributed by atoms with E-state index in [1.807, 2.05) is 13.8 Å². The summed E-state index contributed by atoms with van der Waals surface area (Å²) in [5, 5.41) is 3.41. The zero-order valence-corrected chi connectivity index (χ0v) is 14.5. The number of carbonyl (C=O) groups is 1. The fourth-order valence-corrected chi connectivity index (χ4v) is 3.27. The topological polar surface area (TPSA) is 93.2 Å². The minimum Gasteiger partial charge on any atom is -0.375 e. The number of nitrogens with one attached hydrogen (secondary N) is 2. The summed E-state index contributed by atoms with van der Waals surface area (Å²) in [6, 6.07) is 6.90. The average Bonchev–Trinajstić information content (AvgIpc) is 2.53. The highest BCUT2D eigenvalue weighted by Gasteiger charge is 2.29. The van der Waals surface area contributed by atoms with Crippen LogP contribution < -0.4 is 16.6 Å². The van der Waals surface area contributed by atoms with E-state index in [1.165, 1.54) is 0 Å². The lowest BCUT2D eigenvalue weighted by atomic mass is 9.94. The van der Waals surface area contributed by atoms with Crippen LogP contribution in [0.15, 0.2) is 33.9 Å². The molecule has 3 rings (SSSR count). The van der Waals surface area contributed by atoms with Crippen LogP contribution in [0, 0.1) is 0 Å². The number of amides is 1. The van der Waals surface area contributed by atoms with Crippen LogP contribution in [0.25, 0.3) is 10.9 Å². The lowest BCUT2D eigenvalue weighted by Gasteiger charge is -2.35. The SMILES string of the molecule is CC1(C)CC(NC(=O)CCn2c(=O)[nH]c3ccccc3c2=O)CCO1. The van der Waals surface area contributed by atoms with Gasteiger partial charge in [0.1, 0.15) is 0 Å². The molecule has 7 nitrogen and oxygen atoms in total. The van der Waals surface area contributed by atoms with Crippen molar-refractivity contribution in [3.05, 3.63) is 45.1 Å². The van der Waals surface area contributed by atoms with Gasteiger partial charge in [-0.3, -0.25) is 14.2 Å². The lowest BCUT2D eigenvalue weighted by Crippen LogP contribution is -2.46. The number of H-pyrrole nitrogens is 1. The zero-order chi connectivity index (χ0) is 18.0. The van der Waals surface area contributed by atoms with E-state index in [0.29, 0.717) is 17.5 Å². The number of hydrogen-bond donors (Lipinski definition) is 2. The Morgan fingerprint density at radius 2 is 2.12 bits per heavy atom. The predicted molar refractivity (Wildman–Crippen MR) is 94.6 cm³/mol. The van der Waals surface area contributed by atoms with Crippen LogP contribution in [-0.4, -0.2) is 33.7 Å². The van der Waals surface area contributed by atoms with Crippen molar-refractivity contribution in [3.8, 4) is 0 Å². The molecule has 0 saturated carbocycles. The fraction of sp³-hybridized carbons (Fsp3) is 0.500. The maximum Gasteiger partial charge on any atom is 0.328 e. The van der Waals surface area contributed by atoms with Crippen molar-refractivity contribution in [2.75, 3.05) is 6.61 Å². The Morgan fingerprint density at radius 3 is 2.88 bits per heavy atom. The van der Waals surface area contributed by atoms with Gasteiger partial charge in [0.2, 0.25) is 5.91 Å². The molecular formula is C18H23N3O4. The molecule has 1 saturated heterocycles. The first kappa shape index (κ1) is 17.4. The molecule has 1 atom stereocenters. The van der Waals surface area contributed by atoms with E-state index in [4.69, 9.17) is 4.74 Å². The van der Waals surface area contributed by atoms with Gasteiger partial charge in [0.25, 0.3) is 5.56 Å². The second-order valence-corrected chi connectivity index (χ2v) is 7.05. The molecule has 25 heavy (non-hydrogen) atoms. The number of para-hydroxylation sites is 1. The molecule has 1 amide bonds. The Bertz CT molecular complexity index is 897. The summed E-state index contributed by atoms with van der Waals surface area (Å²) in [6.07, 6.45) is 1.60. The number of rotatable bonds is 4. The summed E-state index contributed by atoms with van der Waals surface area (Å²) >= 11 is 0.